The SMILES string of the molecule is Fc1ccc2[nH]c(C3CNC3)cc2c1. The van der Waals surface area contributed by atoms with Gasteiger partial charge >= 0.3 is 0 Å². The van der Waals surface area contributed by atoms with Gasteiger partial charge in [0.05, 0.1) is 0 Å². The molecule has 0 radical (unpaired) electrons. The maximum Gasteiger partial charge on any atom is 0.123 e. The van der Waals surface area contributed by atoms with Crippen LogP contribution in [0.25, 0.3) is 10.9 Å². The molecule has 14 heavy (non-hydrogen) atoms. The highest BCUT2D eigenvalue weighted by molar-refractivity contribution is 5.80. The predicted molar refractivity (Wildman–Crippen MR) is 53.9 cm³/mol. The highest BCUT2D eigenvalue weighted by Crippen LogP contribution is 2.24. The Labute approximate surface area is 81.1 Å². The average molecular weight is 190 g/mol. The quantitative estimate of drug-likeness (QED) is 0.707. The van der Waals surface area contributed by atoms with Gasteiger partial charge in [0.25, 0.3) is 0 Å². The summed E-state index contributed by atoms with van der Waals surface area (Å²) in [7, 11) is 0. The zero-order chi connectivity index (χ0) is 9.54. The lowest BCUT2D eigenvalue weighted by atomic mass is 10.00. The highest BCUT2D eigenvalue weighted by atomic mass is 19.1. The summed E-state index contributed by atoms with van der Waals surface area (Å²) in [4.78, 5) is 3.32. The van der Waals surface area contributed by atoms with Crippen LogP contribution in [0.2, 0.25) is 0 Å². The molecule has 2 nitrogen and oxygen atoms in total. The summed E-state index contributed by atoms with van der Waals surface area (Å²) in [6.07, 6.45) is 0. The Hall–Kier alpha value is -1.35. The molecule has 2 heterocycles. The summed E-state index contributed by atoms with van der Waals surface area (Å²) in [6, 6.07) is 6.90. The minimum Gasteiger partial charge on any atom is -0.358 e. The molecule has 1 saturated heterocycles. The Morgan fingerprint density at radius 1 is 1.21 bits per heavy atom. The largest absolute Gasteiger partial charge is 0.358 e. The van der Waals surface area contributed by atoms with Gasteiger partial charge in [-0.3, -0.25) is 0 Å². The molecule has 1 aliphatic heterocycles. The molecule has 2 aromatic rings. The third kappa shape index (κ3) is 1.13. The van der Waals surface area contributed by atoms with Gasteiger partial charge in [0.15, 0.2) is 0 Å². The topological polar surface area (TPSA) is 27.8 Å². The van der Waals surface area contributed by atoms with E-state index in [1.165, 1.54) is 11.8 Å². The zero-order valence-corrected chi connectivity index (χ0v) is 7.68. The van der Waals surface area contributed by atoms with E-state index in [-0.39, 0.29) is 5.82 Å². The number of aromatic nitrogens is 1. The van der Waals surface area contributed by atoms with E-state index < -0.39 is 0 Å². The van der Waals surface area contributed by atoms with Crippen LogP contribution in [-0.2, 0) is 0 Å². The number of nitrogens with one attached hydrogen (secondary N) is 2. The van der Waals surface area contributed by atoms with E-state index in [2.05, 4.69) is 10.3 Å². The second kappa shape index (κ2) is 2.82. The van der Waals surface area contributed by atoms with Crippen LogP contribution in [0.4, 0.5) is 4.39 Å². The van der Waals surface area contributed by atoms with Crippen molar-refractivity contribution >= 4 is 10.9 Å². The van der Waals surface area contributed by atoms with Gasteiger partial charge in [0.1, 0.15) is 5.82 Å². The van der Waals surface area contributed by atoms with Gasteiger partial charge in [-0.2, -0.15) is 0 Å². The van der Waals surface area contributed by atoms with E-state index >= 15 is 0 Å². The van der Waals surface area contributed by atoms with E-state index in [0.717, 1.165) is 24.0 Å². The molecule has 0 spiro atoms. The maximum atomic E-state index is 12.9. The maximum absolute atomic E-state index is 12.9. The Morgan fingerprint density at radius 2 is 2.07 bits per heavy atom. The highest BCUT2D eigenvalue weighted by Gasteiger charge is 2.20. The van der Waals surface area contributed by atoms with Gasteiger partial charge < -0.3 is 10.3 Å². The molecule has 1 fully saturated rings. The molecule has 0 atom stereocenters. The number of rotatable bonds is 1. The fourth-order valence-electron chi connectivity index (χ4n) is 1.85. The molecule has 0 bridgehead atoms. The van der Waals surface area contributed by atoms with Crippen molar-refractivity contribution < 1.29 is 4.39 Å². The normalized spacial score (nSPS) is 17.2. The van der Waals surface area contributed by atoms with Crippen LogP contribution < -0.4 is 5.32 Å². The van der Waals surface area contributed by atoms with Crippen LogP contribution >= 0.6 is 0 Å². The van der Waals surface area contributed by atoms with Crippen molar-refractivity contribution in [2.45, 2.75) is 5.92 Å². The van der Waals surface area contributed by atoms with Crippen molar-refractivity contribution in [3.63, 3.8) is 0 Å². The monoisotopic (exact) mass is 190 g/mol. The minimum absolute atomic E-state index is 0.171. The van der Waals surface area contributed by atoms with Crippen LogP contribution in [0.3, 0.4) is 0 Å². The van der Waals surface area contributed by atoms with Gasteiger partial charge in [0, 0.05) is 35.6 Å². The van der Waals surface area contributed by atoms with E-state index in [0.29, 0.717) is 5.92 Å². The number of aromatic amines is 1. The summed E-state index contributed by atoms with van der Waals surface area (Å²) in [5.74, 6) is 0.403. The number of hydrogen-bond acceptors (Lipinski definition) is 1. The van der Waals surface area contributed by atoms with Gasteiger partial charge in [-0.1, -0.05) is 0 Å². The number of halogens is 1. The average Bonchev–Trinajstić information content (AvgIpc) is 2.43. The molecule has 3 rings (SSSR count). The van der Waals surface area contributed by atoms with E-state index in [1.807, 2.05) is 6.07 Å². The van der Waals surface area contributed by atoms with Crippen molar-refractivity contribution in [1.29, 1.82) is 0 Å². The van der Waals surface area contributed by atoms with E-state index in [4.69, 9.17) is 0 Å². The second-order valence-electron chi connectivity index (χ2n) is 3.81. The summed E-state index contributed by atoms with van der Waals surface area (Å²) < 4.78 is 12.9. The number of fused-ring (bicyclic) bond motifs is 1. The van der Waals surface area contributed by atoms with E-state index in [1.54, 1.807) is 12.1 Å². The Morgan fingerprint density at radius 3 is 2.79 bits per heavy atom. The first-order chi connectivity index (χ1) is 6.83. The minimum atomic E-state index is -0.171. The lowest BCUT2D eigenvalue weighted by Gasteiger charge is -2.25. The summed E-state index contributed by atoms with van der Waals surface area (Å²) in [5, 5.41) is 4.19. The van der Waals surface area contributed by atoms with Crippen LogP contribution in [-0.4, -0.2) is 18.1 Å². The van der Waals surface area contributed by atoms with Crippen LogP contribution in [0, 0.1) is 5.82 Å². The van der Waals surface area contributed by atoms with Crippen LogP contribution in [0.1, 0.15) is 11.6 Å². The molecule has 2 N–H and O–H groups in total. The summed E-state index contributed by atoms with van der Waals surface area (Å²) in [6.45, 7) is 2.05. The fourth-order valence-corrected chi connectivity index (χ4v) is 1.85. The lowest BCUT2D eigenvalue weighted by molar-refractivity contribution is 0.442. The molecule has 0 unspecified atom stereocenters. The molecule has 3 heteroatoms. The summed E-state index contributed by atoms with van der Waals surface area (Å²) in [5.41, 5.74) is 2.23. The lowest BCUT2D eigenvalue weighted by Crippen LogP contribution is -2.40. The Balaban J connectivity index is 2.10. The van der Waals surface area contributed by atoms with Gasteiger partial charge in [-0.25, -0.2) is 4.39 Å². The van der Waals surface area contributed by atoms with Crippen molar-refractivity contribution in [1.82, 2.24) is 10.3 Å². The number of hydrogen-bond donors (Lipinski definition) is 2. The standard InChI is InChI=1S/C11H11FN2/c12-9-1-2-10-7(3-9)4-11(14-10)8-5-13-6-8/h1-4,8,13-14H,5-6H2. The predicted octanol–water partition coefficient (Wildman–Crippen LogP) is 1.99. The molecule has 0 saturated carbocycles. The third-order valence-corrected chi connectivity index (χ3v) is 2.82. The Bertz CT molecular complexity index is 471. The van der Waals surface area contributed by atoms with Crippen LogP contribution in [0.5, 0.6) is 0 Å². The molecule has 0 aliphatic carbocycles. The van der Waals surface area contributed by atoms with Crippen molar-refractivity contribution in [3.8, 4) is 0 Å². The molecule has 72 valence electrons. The fraction of sp³-hybridized carbons (Fsp3) is 0.273. The molecule has 0 amide bonds. The van der Waals surface area contributed by atoms with Crippen molar-refractivity contribution in [3.05, 3.63) is 35.8 Å². The smallest absolute Gasteiger partial charge is 0.123 e. The van der Waals surface area contributed by atoms with Gasteiger partial charge in [0.2, 0.25) is 0 Å². The van der Waals surface area contributed by atoms with Crippen molar-refractivity contribution in [2.75, 3.05) is 13.1 Å². The van der Waals surface area contributed by atoms with Gasteiger partial charge in [-0.15, -0.1) is 0 Å². The van der Waals surface area contributed by atoms with Crippen molar-refractivity contribution in [2.24, 2.45) is 0 Å². The first-order valence-corrected chi connectivity index (χ1v) is 4.82. The molecular formula is C11H11FN2. The summed E-state index contributed by atoms with van der Waals surface area (Å²) >= 11 is 0. The van der Waals surface area contributed by atoms with Gasteiger partial charge in [-0.05, 0) is 24.3 Å². The number of H-pyrrole nitrogens is 1. The Kier molecular flexibility index (Phi) is 1.61. The first-order valence-electron chi connectivity index (χ1n) is 4.82. The molecular weight excluding hydrogens is 179 g/mol. The van der Waals surface area contributed by atoms with E-state index in [9.17, 15) is 4.39 Å². The molecule has 1 aliphatic rings. The first kappa shape index (κ1) is 8.00. The zero-order valence-electron chi connectivity index (χ0n) is 7.68. The third-order valence-electron chi connectivity index (χ3n) is 2.82. The molecule has 1 aromatic carbocycles. The number of benzene rings is 1. The molecule has 1 aromatic heterocycles. The second-order valence-corrected chi connectivity index (χ2v) is 3.81. The van der Waals surface area contributed by atoms with Crippen LogP contribution in [0.15, 0.2) is 24.3 Å².